The number of amides is 2. The van der Waals surface area contributed by atoms with Crippen molar-refractivity contribution in [2.75, 3.05) is 0 Å². The Balaban J connectivity index is 1.48. The quantitative estimate of drug-likeness (QED) is 0.928. The molecule has 4 rings (SSSR count). The molecule has 5 heteroatoms. The van der Waals surface area contributed by atoms with Crippen LogP contribution in [0.15, 0.2) is 36.8 Å². The maximum absolute atomic E-state index is 12.7. The second-order valence-electron chi connectivity index (χ2n) is 6.43. The normalized spacial score (nSPS) is 21.9. The minimum Gasteiger partial charge on any atom is -0.334 e. The minimum atomic E-state index is 0.0209. The van der Waals surface area contributed by atoms with Crippen molar-refractivity contribution < 1.29 is 4.79 Å². The molecule has 3 heterocycles. The molecular formula is C18H20N4O. The first kappa shape index (κ1) is 14.2. The lowest BCUT2D eigenvalue weighted by atomic mass is 10.00. The monoisotopic (exact) mass is 308 g/mol. The summed E-state index contributed by atoms with van der Waals surface area (Å²) >= 11 is 0. The number of nitrogens with zero attached hydrogens (tertiary/aromatic N) is 3. The number of rotatable bonds is 2. The first-order valence-corrected chi connectivity index (χ1v) is 8.13. The van der Waals surface area contributed by atoms with Crippen molar-refractivity contribution in [2.24, 2.45) is 0 Å². The molecule has 0 radical (unpaired) electrons. The molecule has 1 N–H and O–H groups in total. The average molecular weight is 308 g/mol. The molecule has 1 aromatic heterocycles. The lowest BCUT2D eigenvalue weighted by Gasteiger charge is -2.35. The van der Waals surface area contributed by atoms with E-state index in [9.17, 15) is 4.79 Å². The maximum Gasteiger partial charge on any atom is 0.318 e. The summed E-state index contributed by atoms with van der Waals surface area (Å²) in [5.74, 6) is 0. The molecular weight excluding hydrogens is 288 g/mol. The Morgan fingerprint density at radius 2 is 2.13 bits per heavy atom. The van der Waals surface area contributed by atoms with E-state index in [0.717, 1.165) is 36.1 Å². The summed E-state index contributed by atoms with van der Waals surface area (Å²) in [6.45, 7) is 2.63. The van der Waals surface area contributed by atoms with Crippen LogP contribution in [0.2, 0.25) is 0 Å². The summed E-state index contributed by atoms with van der Waals surface area (Å²) in [5, 5.41) is 3.07. The SMILES string of the molecule is Cc1ccc(CNC(=O)N2C3CCC2c2cncnc2C3)cc1. The molecule has 1 aromatic carbocycles. The predicted octanol–water partition coefficient (Wildman–Crippen LogP) is 2.76. The van der Waals surface area contributed by atoms with E-state index in [0.29, 0.717) is 6.54 Å². The van der Waals surface area contributed by atoms with E-state index in [1.165, 1.54) is 5.56 Å². The molecule has 2 aliphatic heterocycles. The van der Waals surface area contributed by atoms with Crippen LogP contribution in [0.5, 0.6) is 0 Å². The third-order valence-electron chi connectivity index (χ3n) is 4.92. The van der Waals surface area contributed by atoms with Gasteiger partial charge in [0.1, 0.15) is 6.33 Å². The summed E-state index contributed by atoms with van der Waals surface area (Å²) < 4.78 is 0. The van der Waals surface area contributed by atoms with E-state index in [-0.39, 0.29) is 18.1 Å². The Morgan fingerprint density at radius 3 is 2.96 bits per heavy atom. The van der Waals surface area contributed by atoms with Gasteiger partial charge in [-0.15, -0.1) is 0 Å². The van der Waals surface area contributed by atoms with E-state index < -0.39 is 0 Å². The molecule has 2 bridgehead atoms. The van der Waals surface area contributed by atoms with E-state index in [1.54, 1.807) is 6.33 Å². The van der Waals surface area contributed by atoms with Crippen LogP contribution < -0.4 is 5.32 Å². The standard InChI is InChI=1S/C18H20N4O/c1-12-2-4-13(5-3-12)9-20-18(23)22-14-6-7-17(22)15-10-19-11-21-16(15)8-14/h2-5,10-11,14,17H,6-9H2,1H3,(H,20,23). The van der Waals surface area contributed by atoms with Crippen LogP contribution in [-0.2, 0) is 13.0 Å². The van der Waals surface area contributed by atoms with Gasteiger partial charge < -0.3 is 10.2 Å². The second-order valence-corrected chi connectivity index (χ2v) is 6.43. The van der Waals surface area contributed by atoms with E-state index >= 15 is 0 Å². The highest BCUT2D eigenvalue weighted by atomic mass is 16.2. The number of carbonyl (C=O) groups is 1. The molecule has 1 fully saturated rings. The number of urea groups is 1. The van der Waals surface area contributed by atoms with Crippen molar-refractivity contribution in [1.82, 2.24) is 20.2 Å². The van der Waals surface area contributed by atoms with Gasteiger partial charge >= 0.3 is 6.03 Å². The summed E-state index contributed by atoms with van der Waals surface area (Å²) in [4.78, 5) is 23.2. The Labute approximate surface area is 135 Å². The van der Waals surface area contributed by atoms with Crippen molar-refractivity contribution in [3.05, 3.63) is 59.2 Å². The molecule has 23 heavy (non-hydrogen) atoms. The topological polar surface area (TPSA) is 58.1 Å². The van der Waals surface area contributed by atoms with Gasteiger partial charge in [0.15, 0.2) is 0 Å². The maximum atomic E-state index is 12.7. The van der Waals surface area contributed by atoms with Gasteiger partial charge in [-0.05, 0) is 25.3 Å². The molecule has 2 aliphatic rings. The fraction of sp³-hybridized carbons (Fsp3) is 0.389. The molecule has 5 nitrogen and oxygen atoms in total. The lowest BCUT2D eigenvalue weighted by Crippen LogP contribution is -2.47. The number of aromatic nitrogens is 2. The second kappa shape index (κ2) is 5.65. The molecule has 1 saturated heterocycles. The van der Waals surface area contributed by atoms with Crippen LogP contribution in [-0.4, -0.2) is 26.9 Å². The van der Waals surface area contributed by atoms with Gasteiger partial charge in [0.2, 0.25) is 0 Å². The number of hydrogen-bond donors (Lipinski definition) is 1. The van der Waals surface area contributed by atoms with Crippen LogP contribution in [0, 0.1) is 6.92 Å². The van der Waals surface area contributed by atoms with Gasteiger partial charge in [-0.3, -0.25) is 0 Å². The fourth-order valence-electron chi connectivity index (χ4n) is 3.71. The molecule has 2 aromatic rings. The van der Waals surface area contributed by atoms with Crippen molar-refractivity contribution in [1.29, 1.82) is 0 Å². The Morgan fingerprint density at radius 1 is 1.30 bits per heavy atom. The van der Waals surface area contributed by atoms with E-state index in [1.807, 2.05) is 11.1 Å². The predicted molar refractivity (Wildman–Crippen MR) is 86.8 cm³/mol. The van der Waals surface area contributed by atoms with Crippen LogP contribution in [0.3, 0.4) is 0 Å². The molecule has 0 saturated carbocycles. The Hall–Kier alpha value is -2.43. The number of hydrogen-bond acceptors (Lipinski definition) is 3. The van der Waals surface area contributed by atoms with Crippen molar-refractivity contribution in [2.45, 2.75) is 44.8 Å². The zero-order valence-corrected chi connectivity index (χ0v) is 13.2. The van der Waals surface area contributed by atoms with Gasteiger partial charge in [-0.2, -0.15) is 0 Å². The molecule has 2 unspecified atom stereocenters. The van der Waals surface area contributed by atoms with Crippen LogP contribution in [0.1, 0.15) is 41.3 Å². The number of carbonyl (C=O) groups excluding carboxylic acids is 1. The number of aryl methyl sites for hydroxylation is 1. The molecule has 2 atom stereocenters. The van der Waals surface area contributed by atoms with Gasteiger partial charge in [0.05, 0.1) is 11.7 Å². The average Bonchev–Trinajstić information content (AvgIpc) is 2.89. The summed E-state index contributed by atoms with van der Waals surface area (Å²) in [6, 6.07) is 8.67. The van der Waals surface area contributed by atoms with Gasteiger partial charge in [0.25, 0.3) is 0 Å². The van der Waals surface area contributed by atoms with Crippen molar-refractivity contribution >= 4 is 6.03 Å². The number of nitrogens with one attached hydrogen (secondary N) is 1. The third-order valence-corrected chi connectivity index (χ3v) is 4.92. The minimum absolute atomic E-state index is 0.0209. The van der Waals surface area contributed by atoms with Gasteiger partial charge in [-0.25, -0.2) is 14.8 Å². The zero-order chi connectivity index (χ0) is 15.8. The van der Waals surface area contributed by atoms with Crippen molar-refractivity contribution in [3.63, 3.8) is 0 Å². The molecule has 0 aliphatic carbocycles. The van der Waals surface area contributed by atoms with Gasteiger partial charge in [-0.1, -0.05) is 29.8 Å². The Kier molecular flexibility index (Phi) is 3.48. The fourth-order valence-corrected chi connectivity index (χ4v) is 3.71. The smallest absolute Gasteiger partial charge is 0.318 e. The Bertz CT molecular complexity index is 728. The molecule has 0 spiro atoms. The number of benzene rings is 1. The zero-order valence-electron chi connectivity index (χ0n) is 13.2. The van der Waals surface area contributed by atoms with Crippen LogP contribution in [0.25, 0.3) is 0 Å². The highest BCUT2D eigenvalue weighted by molar-refractivity contribution is 5.76. The molecule has 2 amide bonds. The lowest BCUT2D eigenvalue weighted by molar-refractivity contribution is 0.164. The van der Waals surface area contributed by atoms with E-state index in [4.69, 9.17) is 0 Å². The first-order valence-electron chi connectivity index (χ1n) is 8.13. The highest BCUT2D eigenvalue weighted by Gasteiger charge is 2.43. The number of fused-ring (bicyclic) bond motifs is 4. The first-order chi connectivity index (χ1) is 11.2. The highest BCUT2D eigenvalue weighted by Crippen LogP contribution is 2.42. The largest absolute Gasteiger partial charge is 0.334 e. The summed E-state index contributed by atoms with van der Waals surface area (Å²) in [6.07, 6.45) is 6.36. The van der Waals surface area contributed by atoms with Crippen LogP contribution in [0.4, 0.5) is 4.79 Å². The van der Waals surface area contributed by atoms with E-state index in [2.05, 4.69) is 46.5 Å². The molecule has 118 valence electrons. The van der Waals surface area contributed by atoms with Gasteiger partial charge in [0, 0.05) is 30.8 Å². The summed E-state index contributed by atoms with van der Waals surface area (Å²) in [7, 11) is 0. The third kappa shape index (κ3) is 2.56. The van der Waals surface area contributed by atoms with Crippen LogP contribution >= 0.6 is 0 Å². The van der Waals surface area contributed by atoms with Crippen molar-refractivity contribution in [3.8, 4) is 0 Å². The summed E-state index contributed by atoms with van der Waals surface area (Å²) in [5.41, 5.74) is 4.57.